The van der Waals surface area contributed by atoms with Gasteiger partial charge in [-0.2, -0.15) is 0 Å². The van der Waals surface area contributed by atoms with E-state index in [1.54, 1.807) is 12.2 Å². The number of nitrogens with zero attached hydrogens (tertiary/aromatic N) is 1. The maximum atomic E-state index is 10.8. The van der Waals surface area contributed by atoms with Crippen molar-refractivity contribution in [1.82, 2.24) is 4.57 Å². The van der Waals surface area contributed by atoms with E-state index in [9.17, 15) is 15.3 Å². The first-order chi connectivity index (χ1) is 11.7. The number of hydrogen-bond donors (Lipinski definition) is 3. The number of aliphatic hydroxyl groups is 1. The van der Waals surface area contributed by atoms with Crippen LogP contribution in [0.25, 0.3) is 16.5 Å². The van der Waals surface area contributed by atoms with E-state index in [4.69, 9.17) is 4.74 Å². The van der Waals surface area contributed by atoms with Crippen LogP contribution in [0.3, 0.4) is 0 Å². The maximum absolute atomic E-state index is 10.8. The average Bonchev–Trinajstić information content (AvgIpc) is 3.26. The molecule has 120 valence electrons. The zero-order valence-corrected chi connectivity index (χ0v) is 12.7. The summed E-state index contributed by atoms with van der Waals surface area (Å²) in [6.45, 7) is -0.292. The first-order valence-corrected chi connectivity index (χ1v) is 7.79. The van der Waals surface area contributed by atoms with Crippen LogP contribution in [0.2, 0.25) is 0 Å². The molecule has 5 nitrogen and oxygen atoms in total. The first kappa shape index (κ1) is 13.7. The lowest BCUT2D eigenvalue weighted by Gasteiger charge is -2.21. The third kappa shape index (κ3) is 1.46. The van der Waals surface area contributed by atoms with E-state index < -0.39 is 11.7 Å². The van der Waals surface area contributed by atoms with Crippen LogP contribution in [0, 0.1) is 0 Å². The molecule has 2 aliphatic heterocycles. The molecule has 0 radical (unpaired) electrons. The van der Waals surface area contributed by atoms with Crippen LogP contribution in [-0.2, 0) is 10.3 Å². The van der Waals surface area contributed by atoms with E-state index in [1.165, 1.54) is 4.57 Å². The van der Waals surface area contributed by atoms with Gasteiger partial charge in [-0.3, -0.25) is 4.57 Å². The van der Waals surface area contributed by atoms with Crippen molar-refractivity contribution >= 4 is 10.8 Å². The molecule has 0 fully saturated rings. The van der Waals surface area contributed by atoms with Crippen molar-refractivity contribution < 1.29 is 20.1 Å². The molecule has 1 aromatic heterocycles. The molecule has 2 aromatic carbocycles. The molecule has 3 aromatic rings. The topological polar surface area (TPSA) is 74.8 Å². The van der Waals surface area contributed by atoms with Gasteiger partial charge in [-0.25, -0.2) is 0 Å². The molecule has 0 amide bonds. The minimum absolute atomic E-state index is 0.0523. The van der Waals surface area contributed by atoms with E-state index in [2.05, 4.69) is 0 Å². The Morgan fingerprint density at radius 3 is 2.67 bits per heavy atom. The Kier molecular flexibility index (Phi) is 2.51. The monoisotopic (exact) mass is 321 g/mol. The summed E-state index contributed by atoms with van der Waals surface area (Å²) in [6, 6.07) is 13.5. The summed E-state index contributed by atoms with van der Waals surface area (Å²) in [6.07, 6.45) is 3.09. The molecule has 0 spiro atoms. The lowest BCUT2D eigenvalue weighted by molar-refractivity contribution is -0.0414. The average molecular weight is 321 g/mol. The highest BCUT2D eigenvalue weighted by Crippen LogP contribution is 2.58. The predicted molar refractivity (Wildman–Crippen MR) is 88.3 cm³/mol. The second kappa shape index (κ2) is 4.41. The molecular formula is C19H15NO4. The third-order valence-electron chi connectivity index (χ3n) is 4.99. The Labute approximate surface area is 137 Å². The van der Waals surface area contributed by atoms with E-state index in [-0.39, 0.29) is 18.4 Å². The molecule has 24 heavy (non-hydrogen) atoms. The molecule has 2 unspecified atom stereocenters. The minimum Gasteiger partial charge on any atom is -0.494 e. The second-order valence-corrected chi connectivity index (χ2v) is 6.21. The predicted octanol–water partition coefficient (Wildman–Crippen LogP) is 2.87. The van der Waals surface area contributed by atoms with Gasteiger partial charge in [-0.15, -0.1) is 0 Å². The van der Waals surface area contributed by atoms with Gasteiger partial charge >= 0.3 is 0 Å². The minimum atomic E-state index is -1.07. The Morgan fingerprint density at radius 1 is 1.04 bits per heavy atom. The van der Waals surface area contributed by atoms with Crippen LogP contribution in [0.5, 0.6) is 11.8 Å². The number of ether oxygens (including phenoxy) is 1. The SMILES string of the molecule is OCC12C=CC(O1)c1c2c(O)n(-c2cccc3ccccc23)c1O. The molecule has 0 saturated heterocycles. The Balaban J connectivity index is 1.84. The van der Waals surface area contributed by atoms with Crippen molar-refractivity contribution in [2.75, 3.05) is 6.61 Å². The van der Waals surface area contributed by atoms with E-state index in [1.807, 2.05) is 42.5 Å². The van der Waals surface area contributed by atoms with Gasteiger partial charge in [-0.1, -0.05) is 42.5 Å². The fraction of sp³-hybridized carbons (Fsp3) is 0.158. The summed E-state index contributed by atoms with van der Waals surface area (Å²) >= 11 is 0. The van der Waals surface area contributed by atoms with Crippen LogP contribution < -0.4 is 0 Å². The van der Waals surface area contributed by atoms with Crippen LogP contribution in [0.1, 0.15) is 17.2 Å². The highest BCUT2D eigenvalue weighted by atomic mass is 16.5. The molecular weight excluding hydrogens is 306 g/mol. The molecule has 2 bridgehead atoms. The largest absolute Gasteiger partial charge is 0.494 e. The quantitative estimate of drug-likeness (QED) is 0.635. The summed E-state index contributed by atoms with van der Waals surface area (Å²) in [5, 5.41) is 33.3. The summed E-state index contributed by atoms with van der Waals surface area (Å²) in [4.78, 5) is 0. The van der Waals surface area contributed by atoms with Crippen molar-refractivity contribution in [2.45, 2.75) is 11.7 Å². The molecule has 2 atom stereocenters. The summed E-state index contributed by atoms with van der Waals surface area (Å²) < 4.78 is 7.20. The lowest BCUT2D eigenvalue weighted by Crippen LogP contribution is -2.25. The third-order valence-corrected chi connectivity index (χ3v) is 4.99. The van der Waals surface area contributed by atoms with Crippen LogP contribution >= 0.6 is 0 Å². The van der Waals surface area contributed by atoms with Gasteiger partial charge in [-0.05, 0) is 17.5 Å². The van der Waals surface area contributed by atoms with Gasteiger partial charge in [0.05, 0.1) is 23.4 Å². The fourth-order valence-corrected chi connectivity index (χ4v) is 3.90. The van der Waals surface area contributed by atoms with Crippen molar-refractivity contribution in [1.29, 1.82) is 0 Å². The van der Waals surface area contributed by atoms with Crippen LogP contribution in [0.15, 0.2) is 54.6 Å². The summed E-state index contributed by atoms with van der Waals surface area (Å²) in [7, 11) is 0. The van der Waals surface area contributed by atoms with Crippen LogP contribution in [0.4, 0.5) is 0 Å². The number of hydrogen-bond acceptors (Lipinski definition) is 4. The van der Waals surface area contributed by atoms with Crippen LogP contribution in [-0.4, -0.2) is 26.5 Å². The Morgan fingerprint density at radius 2 is 1.83 bits per heavy atom. The van der Waals surface area contributed by atoms with Crippen molar-refractivity contribution in [3.8, 4) is 17.4 Å². The number of fused-ring (bicyclic) bond motifs is 6. The van der Waals surface area contributed by atoms with Gasteiger partial charge in [0.15, 0.2) is 0 Å². The van der Waals surface area contributed by atoms with Crippen molar-refractivity contribution in [3.63, 3.8) is 0 Å². The normalized spacial score (nSPS) is 24.0. The smallest absolute Gasteiger partial charge is 0.205 e. The maximum Gasteiger partial charge on any atom is 0.205 e. The summed E-state index contributed by atoms with van der Waals surface area (Å²) in [5.41, 5.74) is 0.585. The first-order valence-electron chi connectivity index (χ1n) is 7.79. The molecule has 5 heteroatoms. The number of aliphatic hydroxyl groups excluding tert-OH is 1. The Hall–Kier alpha value is -2.76. The van der Waals surface area contributed by atoms with Gasteiger partial charge < -0.3 is 20.1 Å². The van der Waals surface area contributed by atoms with Gasteiger partial charge in [0.1, 0.15) is 11.7 Å². The number of aromatic hydroxyl groups is 2. The van der Waals surface area contributed by atoms with Gasteiger partial charge in [0, 0.05) is 5.39 Å². The number of benzene rings is 2. The molecule has 2 aliphatic rings. The zero-order chi connectivity index (χ0) is 16.5. The number of aromatic nitrogens is 1. The second-order valence-electron chi connectivity index (χ2n) is 6.21. The van der Waals surface area contributed by atoms with E-state index in [0.717, 1.165) is 10.8 Å². The summed E-state index contributed by atoms with van der Waals surface area (Å²) in [5.74, 6) is -0.150. The standard InChI is InChI=1S/C19H15NO4/c21-10-19-9-8-14(24-19)15-16(19)18(23)20(17(15)22)13-7-3-5-11-4-1-2-6-12(11)13/h1-9,14,21-23H,10H2. The number of rotatable bonds is 2. The highest BCUT2D eigenvalue weighted by Gasteiger charge is 2.52. The van der Waals surface area contributed by atoms with Gasteiger partial charge in [0.25, 0.3) is 0 Å². The molecule has 5 rings (SSSR count). The lowest BCUT2D eigenvalue weighted by atomic mass is 9.90. The Bertz CT molecular complexity index is 1010. The zero-order valence-electron chi connectivity index (χ0n) is 12.7. The fourth-order valence-electron chi connectivity index (χ4n) is 3.90. The van der Waals surface area contributed by atoms with Crippen molar-refractivity contribution in [3.05, 3.63) is 65.7 Å². The molecule has 3 heterocycles. The molecule has 3 N–H and O–H groups in total. The van der Waals surface area contributed by atoms with Crippen molar-refractivity contribution in [2.24, 2.45) is 0 Å². The van der Waals surface area contributed by atoms with Gasteiger partial charge in [0.2, 0.25) is 11.8 Å². The molecule has 0 saturated carbocycles. The van der Waals surface area contributed by atoms with E-state index in [0.29, 0.717) is 16.8 Å². The van der Waals surface area contributed by atoms with E-state index >= 15 is 0 Å². The molecule has 0 aliphatic carbocycles. The highest BCUT2D eigenvalue weighted by molar-refractivity contribution is 5.91.